The van der Waals surface area contributed by atoms with E-state index in [2.05, 4.69) is 11.8 Å². The van der Waals surface area contributed by atoms with Crippen LogP contribution in [-0.4, -0.2) is 71.4 Å². The summed E-state index contributed by atoms with van der Waals surface area (Å²) in [7, 11) is 0. The van der Waals surface area contributed by atoms with Crippen LogP contribution in [0.3, 0.4) is 0 Å². The zero-order chi connectivity index (χ0) is 26.6. The number of ether oxygens (including phenoxy) is 2. The molecular formula is C31H55NO5. The van der Waals surface area contributed by atoms with Gasteiger partial charge < -0.3 is 24.8 Å². The molecule has 0 radical (unpaired) electrons. The number of rotatable bonds is 22. The van der Waals surface area contributed by atoms with Crippen molar-refractivity contribution in [1.29, 1.82) is 0 Å². The normalized spacial score (nSPS) is 20.3. The molecule has 0 bridgehead atoms. The maximum atomic E-state index is 9.88. The van der Waals surface area contributed by atoms with Crippen molar-refractivity contribution in [3.05, 3.63) is 24.3 Å². The van der Waals surface area contributed by atoms with Crippen molar-refractivity contribution in [2.45, 2.75) is 128 Å². The molecule has 2 rings (SSSR count). The molecule has 1 heterocycles. The fraction of sp³-hybridized carbons (Fsp3) is 0.806. The van der Waals surface area contributed by atoms with Gasteiger partial charge in [0, 0.05) is 12.6 Å². The predicted molar refractivity (Wildman–Crippen MR) is 151 cm³/mol. The topological polar surface area (TPSA) is 82.4 Å². The van der Waals surface area contributed by atoms with Gasteiger partial charge in [0.1, 0.15) is 11.5 Å². The van der Waals surface area contributed by atoms with Gasteiger partial charge in [0.05, 0.1) is 32.0 Å². The summed E-state index contributed by atoms with van der Waals surface area (Å²) in [6, 6.07) is 7.87. The van der Waals surface area contributed by atoms with E-state index in [0.717, 1.165) is 50.3 Å². The molecule has 6 heteroatoms. The van der Waals surface area contributed by atoms with Gasteiger partial charge in [0.2, 0.25) is 0 Å². The Labute approximate surface area is 226 Å². The van der Waals surface area contributed by atoms with E-state index in [0.29, 0.717) is 19.6 Å². The van der Waals surface area contributed by atoms with Crippen LogP contribution in [0.15, 0.2) is 24.3 Å². The number of β-amino-alcohol motifs (C(OH)–C–C–N with tert-alkyl or cyclic N) is 1. The van der Waals surface area contributed by atoms with Crippen LogP contribution in [-0.2, 0) is 0 Å². The molecular weight excluding hydrogens is 466 g/mol. The van der Waals surface area contributed by atoms with Crippen LogP contribution in [0, 0.1) is 0 Å². The highest BCUT2D eigenvalue weighted by Crippen LogP contribution is 2.20. The fourth-order valence-electron chi connectivity index (χ4n) is 5.11. The molecule has 3 atom stereocenters. The van der Waals surface area contributed by atoms with Crippen molar-refractivity contribution in [2.75, 3.05) is 32.9 Å². The van der Waals surface area contributed by atoms with E-state index in [1.807, 2.05) is 24.3 Å². The van der Waals surface area contributed by atoms with E-state index in [1.165, 1.54) is 70.6 Å². The largest absolute Gasteiger partial charge is 0.494 e. The summed E-state index contributed by atoms with van der Waals surface area (Å²) in [6.07, 6.45) is 18.2. The Hall–Kier alpha value is -1.34. The second-order valence-electron chi connectivity index (χ2n) is 10.8. The smallest absolute Gasteiger partial charge is 0.119 e. The molecule has 0 aromatic heterocycles. The van der Waals surface area contributed by atoms with Gasteiger partial charge in [-0.05, 0) is 62.9 Å². The average molecular weight is 522 g/mol. The predicted octanol–water partition coefficient (Wildman–Crippen LogP) is 6.10. The second kappa shape index (κ2) is 20.6. The van der Waals surface area contributed by atoms with E-state index in [-0.39, 0.29) is 12.6 Å². The van der Waals surface area contributed by atoms with Crippen molar-refractivity contribution < 1.29 is 24.8 Å². The number of hydrogen-bond donors (Lipinski definition) is 3. The zero-order valence-electron chi connectivity index (χ0n) is 23.5. The van der Waals surface area contributed by atoms with Gasteiger partial charge in [-0.2, -0.15) is 0 Å². The van der Waals surface area contributed by atoms with Crippen LogP contribution < -0.4 is 9.47 Å². The summed E-state index contributed by atoms with van der Waals surface area (Å²) in [5, 5.41) is 29.2. The second-order valence-corrected chi connectivity index (χ2v) is 10.8. The van der Waals surface area contributed by atoms with Crippen molar-refractivity contribution in [3.8, 4) is 11.5 Å². The van der Waals surface area contributed by atoms with Gasteiger partial charge in [-0.15, -0.1) is 0 Å². The van der Waals surface area contributed by atoms with Crippen LogP contribution in [0.1, 0.15) is 110 Å². The highest BCUT2D eigenvalue weighted by molar-refractivity contribution is 5.31. The Morgan fingerprint density at radius 2 is 1.14 bits per heavy atom. The Bertz CT molecular complexity index is 656. The Morgan fingerprint density at radius 1 is 0.676 bits per heavy atom. The summed E-state index contributed by atoms with van der Waals surface area (Å²) in [5.74, 6) is 1.77. The average Bonchev–Trinajstić information content (AvgIpc) is 2.91. The van der Waals surface area contributed by atoms with Crippen LogP contribution in [0.5, 0.6) is 11.5 Å². The summed E-state index contributed by atoms with van der Waals surface area (Å²) in [5.41, 5.74) is 0. The molecule has 1 aliphatic rings. The first-order valence-electron chi connectivity index (χ1n) is 15.2. The van der Waals surface area contributed by atoms with E-state index in [4.69, 9.17) is 9.47 Å². The molecule has 0 unspecified atom stereocenters. The lowest BCUT2D eigenvalue weighted by atomic mass is 9.97. The van der Waals surface area contributed by atoms with Crippen LogP contribution in [0.2, 0.25) is 0 Å². The number of benzene rings is 1. The van der Waals surface area contributed by atoms with Crippen LogP contribution in [0.25, 0.3) is 0 Å². The maximum Gasteiger partial charge on any atom is 0.119 e. The first-order chi connectivity index (χ1) is 18.1. The van der Waals surface area contributed by atoms with Crippen molar-refractivity contribution in [1.82, 2.24) is 4.90 Å². The molecule has 1 aromatic carbocycles. The lowest BCUT2D eigenvalue weighted by Gasteiger charge is -2.39. The Kier molecular flexibility index (Phi) is 17.7. The van der Waals surface area contributed by atoms with Gasteiger partial charge in [-0.3, -0.25) is 4.90 Å². The zero-order valence-corrected chi connectivity index (χ0v) is 23.5. The molecule has 1 aromatic rings. The number of likely N-dealkylation sites (tertiary alicyclic amines) is 1. The number of aliphatic hydroxyl groups is 3. The third-order valence-corrected chi connectivity index (χ3v) is 7.56. The minimum absolute atomic E-state index is 0.0198. The van der Waals surface area contributed by atoms with Crippen molar-refractivity contribution in [3.63, 3.8) is 0 Å². The van der Waals surface area contributed by atoms with Crippen LogP contribution in [0.4, 0.5) is 0 Å². The molecule has 0 spiro atoms. The molecule has 0 aliphatic carbocycles. The van der Waals surface area contributed by atoms with Crippen molar-refractivity contribution in [2.24, 2.45) is 0 Å². The van der Waals surface area contributed by atoms with Crippen LogP contribution >= 0.6 is 0 Å². The third kappa shape index (κ3) is 14.4. The first-order valence-corrected chi connectivity index (χ1v) is 15.2. The molecule has 1 aliphatic heterocycles. The standard InChI is InChI=1S/C31H55NO5/c1-2-3-4-5-6-7-8-9-10-11-12-15-22-36-28-17-19-29(20-18-28)37-23-16-13-14-21-32-25-31(35)30(34)24-27(32)26-33/h17-20,27,30-31,33-35H,2-16,21-26H2,1H3/t27-,30-,31-/m0/s1. The van der Waals surface area contributed by atoms with E-state index < -0.39 is 12.2 Å². The Morgan fingerprint density at radius 3 is 1.62 bits per heavy atom. The first kappa shape index (κ1) is 31.9. The summed E-state index contributed by atoms with van der Waals surface area (Å²) >= 11 is 0. The monoisotopic (exact) mass is 521 g/mol. The van der Waals surface area contributed by atoms with Crippen molar-refractivity contribution >= 4 is 0 Å². The SMILES string of the molecule is CCCCCCCCCCCCCCOc1ccc(OCCCCCN2C[C@H](O)[C@@H](O)C[C@H]2CO)cc1. The minimum atomic E-state index is -0.729. The lowest BCUT2D eigenvalue weighted by molar-refractivity contribution is -0.0710. The summed E-state index contributed by atoms with van der Waals surface area (Å²) in [4.78, 5) is 2.09. The third-order valence-electron chi connectivity index (χ3n) is 7.56. The molecule has 214 valence electrons. The van der Waals surface area contributed by atoms with Gasteiger partial charge in [-0.25, -0.2) is 0 Å². The molecule has 0 saturated carbocycles. The number of aliphatic hydroxyl groups excluding tert-OH is 3. The van der Waals surface area contributed by atoms with E-state index in [1.54, 1.807) is 0 Å². The van der Waals surface area contributed by atoms with E-state index in [9.17, 15) is 15.3 Å². The van der Waals surface area contributed by atoms with E-state index >= 15 is 0 Å². The lowest BCUT2D eigenvalue weighted by Crippen LogP contribution is -2.53. The number of hydrogen-bond acceptors (Lipinski definition) is 6. The highest BCUT2D eigenvalue weighted by Gasteiger charge is 2.32. The maximum absolute atomic E-state index is 9.88. The molecule has 6 nitrogen and oxygen atoms in total. The highest BCUT2D eigenvalue weighted by atomic mass is 16.5. The Balaban J connectivity index is 1.42. The molecule has 3 N–H and O–H groups in total. The summed E-state index contributed by atoms with van der Waals surface area (Å²) in [6.45, 7) is 4.99. The molecule has 1 fully saturated rings. The summed E-state index contributed by atoms with van der Waals surface area (Å²) < 4.78 is 11.8. The fourth-order valence-corrected chi connectivity index (χ4v) is 5.11. The van der Waals surface area contributed by atoms with Gasteiger partial charge in [-0.1, -0.05) is 77.6 Å². The molecule has 37 heavy (non-hydrogen) atoms. The quantitative estimate of drug-likeness (QED) is 0.160. The van der Waals surface area contributed by atoms with Gasteiger partial charge >= 0.3 is 0 Å². The minimum Gasteiger partial charge on any atom is -0.494 e. The number of piperidine rings is 1. The molecule has 0 amide bonds. The van der Waals surface area contributed by atoms with Gasteiger partial charge in [0.25, 0.3) is 0 Å². The number of unbranched alkanes of at least 4 members (excludes halogenated alkanes) is 13. The number of nitrogens with zero attached hydrogens (tertiary/aromatic N) is 1. The molecule has 1 saturated heterocycles. The van der Waals surface area contributed by atoms with Gasteiger partial charge in [0.15, 0.2) is 0 Å².